The first-order valence-corrected chi connectivity index (χ1v) is 13.1. The molecule has 0 radical (unpaired) electrons. The maximum Gasteiger partial charge on any atom is 0.170 e. The van der Waals surface area contributed by atoms with Crippen LogP contribution in [0.2, 0.25) is 0 Å². The van der Waals surface area contributed by atoms with Gasteiger partial charge in [0.2, 0.25) is 0 Å². The highest BCUT2D eigenvalue weighted by molar-refractivity contribution is 5.98. The fourth-order valence-electron chi connectivity index (χ4n) is 4.95. The van der Waals surface area contributed by atoms with Gasteiger partial charge < -0.3 is 10.5 Å². The fraction of sp³-hybridized carbons (Fsp3) is 0.0294. The Morgan fingerprint density at radius 2 is 1.32 bits per heavy atom. The van der Waals surface area contributed by atoms with Crippen molar-refractivity contribution < 1.29 is 4.74 Å². The number of nitrogens with two attached hydrogens (primary N) is 1. The van der Waals surface area contributed by atoms with Crippen LogP contribution in [0.3, 0.4) is 0 Å². The van der Waals surface area contributed by atoms with Crippen LogP contribution in [-0.4, -0.2) is 19.6 Å². The molecular formula is C34H25N5O. The Hall–Kier alpha value is -5.33. The lowest BCUT2D eigenvalue weighted by molar-refractivity contribution is 0.483. The Morgan fingerprint density at radius 1 is 0.650 bits per heavy atom. The highest BCUT2D eigenvalue weighted by Crippen LogP contribution is 2.35. The average Bonchev–Trinajstić information content (AvgIpc) is 3.46. The van der Waals surface area contributed by atoms with Crippen molar-refractivity contribution in [2.24, 2.45) is 5.73 Å². The molecule has 0 aliphatic rings. The van der Waals surface area contributed by atoms with Gasteiger partial charge in [-0.2, -0.15) is 0 Å². The lowest BCUT2D eigenvalue weighted by atomic mass is 9.97. The van der Waals surface area contributed by atoms with Crippen LogP contribution < -0.4 is 10.5 Å². The second kappa shape index (κ2) is 10.1. The van der Waals surface area contributed by atoms with Gasteiger partial charge in [0.15, 0.2) is 11.5 Å². The van der Waals surface area contributed by atoms with Crippen LogP contribution in [-0.2, 0) is 6.54 Å². The molecule has 0 aliphatic carbocycles. The molecule has 0 saturated carbocycles. The van der Waals surface area contributed by atoms with E-state index in [1.165, 1.54) is 0 Å². The molecule has 192 valence electrons. The third-order valence-electron chi connectivity index (χ3n) is 7.01. The van der Waals surface area contributed by atoms with E-state index in [9.17, 15) is 0 Å². The molecule has 0 bridgehead atoms. The van der Waals surface area contributed by atoms with Crippen LogP contribution in [0, 0.1) is 0 Å². The monoisotopic (exact) mass is 519 g/mol. The molecule has 3 heterocycles. The molecule has 6 nitrogen and oxygen atoms in total. The first-order valence-electron chi connectivity index (χ1n) is 13.1. The molecule has 2 N–H and O–H groups in total. The number of pyridine rings is 2. The van der Waals surface area contributed by atoms with E-state index < -0.39 is 0 Å². The molecule has 7 aromatic rings. The molecule has 0 spiro atoms. The Kier molecular flexibility index (Phi) is 6.00. The van der Waals surface area contributed by atoms with Gasteiger partial charge in [-0.3, -0.25) is 4.40 Å². The van der Waals surface area contributed by atoms with Crippen LogP contribution in [0.15, 0.2) is 128 Å². The summed E-state index contributed by atoms with van der Waals surface area (Å²) in [5.41, 5.74) is 13.6. The van der Waals surface area contributed by atoms with Crippen molar-refractivity contribution in [3.8, 4) is 45.3 Å². The number of benzene rings is 4. The summed E-state index contributed by atoms with van der Waals surface area (Å²) in [5.74, 6) is 2.31. The summed E-state index contributed by atoms with van der Waals surface area (Å²) < 4.78 is 7.97. The van der Waals surface area contributed by atoms with Crippen molar-refractivity contribution in [3.05, 3.63) is 133 Å². The predicted molar refractivity (Wildman–Crippen MR) is 159 cm³/mol. The van der Waals surface area contributed by atoms with Gasteiger partial charge in [0.05, 0.1) is 11.2 Å². The summed E-state index contributed by atoms with van der Waals surface area (Å²) in [6, 6.07) is 40.4. The van der Waals surface area contributed by atoms with Crippen molar-refractivity contribution in [2.75, 3.05) is 0 Å². The van der Waals surface area contributed by atoms with Gasteiger partial charge in [-0.15, -0.1) is 10.2 Å². The number of rotatable bonds is 6. The molecule has 0 aliphatic heterocycles. The predicted octanol–water partition coefficient (Wildman–Crippen LogP) is 7.53. The SMILES string of the molecule is NCc1ccc(-c2nc3ccn4c(-c5ccc(Oc6ccccc6)cc5)nnc4c3cc2-c2ccccc2)cc1. The molecule has 0 atom stereocenters. The van der Waals surface area contributed by atoms with Crippen molar-refractivity contribution in [1.82, 2.24) is 19.6 Å². The number of hydrogen-bond donors (Lipinski definition) is 1. The second-order valence-electron chi connectivity index (χ2n) is 9.56. The molecule has 3 aromatic heterocycles. The normalized spacial score (nSPS) is 11.2. The number of hydrogen-bond acceptors (Lipinski definition) is 5. The van der Waals surface area contributed by atoms with Crippen LogP contribution in [0.4, 0.5) is 0 Å². The van der Waals surface area contributed by atoms with Gasteiger partial charge in [-0.25, -0.2) is 4.98 Å². The topological polar surface area (TPSA) is 78.3 Å². The van der Waals surface area contributed by atoms with Crippen molar-refractivity contribution >= 4 is 16.6 Å². The second-order valence-corrected chi connectivity index (χ2v) is 9.56. The van der Waals surface area contributed by atoms with E-state index in [1.807, 2.05) is 89.5 Å². The molecule has 6 heteroatoms. The van der Waals surface area contributed by atoms with E-state index in [2.05, 4.69) is 52.7 Å². The summed E-state index contributed by atoms with van der Waals surface area (Å²) in [6.07, 6.45) is 1.98. The number of ether oxygens (including phenoxy) is 1. The number of aromatic nitrogens is 4. The van der Waals surface area contributed by atoms with Gasteiger partial charge in [-0.05, 0) is 59.7 Å². The lowest BCUT2D eigenvalue weighted by Gasteiger charge is -2.13. The molecule has 0 unspecified atom stereocenters. The molecular weight excluding hydrogens is 494 g/mol. The summed E-state index contributed by atoms with van der Waals surface area (Å²) >= 11 is 0. The van der Waals surface area contributed by atoms with Gasteiger partial charge >= 0.3 is 0 Å². The number of fused-ring (bicyclic) bond motifs is 3. The van der Waals surface area contributed by atoms with Crippen LogP contribution in [0.5, 0.6) is 11.5 Å². The minimum absolute atomic E-state index is 0.507. The molecule has 40 heavy (non-hydrogen) atoms. The average molecular weight is 520 g/mol. The van der Waals surface area contributed by atoms with Crippen LogP contribution in [0.25, 0.3) is 50.3 Å². The largest absolute Gasteiger partial charge is 0.457 e. The van der Waals surface area contributed by atoms with Gasteiger partial charge in [0.25, 0.3) is 0 Å². The maximum absolute atomic E-state index is 5.95. The zero-order valence-electron chi connectivity index (χ0n) is 21.6. The smallest absolute Gasteiger partial charge is 0.170 e. The molecule has 0 fully saturated rings. The van der Waals surface area contributed by atoms with E-state index in [0.717, 1.165) is 67.4 Å². The van der Waals surface area contributed by atoms with E-state index in [0.29, 0.717) is 6.54 Å². The van der Waals surface area contributed by atoms with E-state index in [4.69, 9.17) is 15.5 Å². The molecule has 7 rings (SSSR count). The fourth-order valence-corrected chi connectivity index (χ4v) is 4.95. The van der Waals surface area contributed by atoms with E-state index in [-0.39, 0.29) is 0 Å². The van der Waals surface area contributed by atoms with E-state index in [1.54, 1.807) is 0 Å². The molecule has 0 saturated heterocycles. The van der Waals surface area contributed by atoms with Crippen LogP contribution in [0.1, 0.15) is 5.56 Å². The Balaban J connectivity index is 1.33. The maximum atomic E-state index is 5.95. The Morgan fingerprint density at radius 3 is 2.05 bits per heavy atom. The minimum atomic E-state index is 0.507. The highest BCUT2D eigenvalue weighted by Gasteiger charge is 2.16. The Labute approximate surface area is 231 Å². The summed E-state index contributed by atoms with van der Waals surface area (Å²) in [5, 5.41) is 10.1. The van der Waals surface area contributed by atoms with Crippen molar-refractivity contribution in [1.29, 1.82) is 0 Å². The van der Waals surface area contributed by atoms with Crippen molar-refractivity contribution in [2.45, 2.75) is 6.54 Å². The third-order valence-corrected chi connectivity index (χ3v) is 7.01. The minimum Gasteiger partial charge on any atom is -0.457 e. The zero-order valence-corrected chi connectivity index (χ0v) is 21.6. The van der Waals surface area contributed by atoms with Gasteiger partial charge in [0.1, 0.15) is 11.5 Å². The third kappa shape index (κ3) is 4.36. The zero-order chi connectivity index (χ0) is 26.9. The van der Waals surface area contributed by atoms with E-state index >= 15 is 0 Å². The summed E-state index contributed by atoms with van der Waals surface area (Å²) in [4.78, 5) is 5.13. The van der Waals surface area contributed by atoms with Gasteiger partial charge in [-0.1, -0.05) is 72.8 Å². The summed E-state index contributed by atoms with van der Waals surface area (Å²) in [7, 11) is 0. The highest BCUT2D eigenvalue weighted by atomic mass is 16.5. The molecule has 0 amide bonds. The van der Waals surface area contributed by atoms with Gasteiger partial charge in [0, 0.05) is 34.8 Å². The summed E-state index contributed by atoms with van der Waals surface area (Å²) in [6.45, 7) is 0.507. The van der Waals surface area contributed by atoms with Crippen LogP contribution >= 0.6 is 0 Å². The Bertz CT molecular complexity index is 1930. The van der Waals surface area contributed by atoms with Crippen molar-refractivity contribution in [3.63, 3.8) is 0 Å². The number of para-hydroxylation sites is 1. The lowest BCUT2D eigenvalue weighted by Crippen LogP contribution is -1.97. The first kappa shape index (κ1) is 23.8. The number of nitrogens with zero attached hydrogens (tertiary/aromatic N) is 4. The quantitative estimate of drug-likeness (QED) is 0.246. The standard InChI is InChI=1S/C34H25N5O/c35-22-23-11-13-25(14-12-23)32-29(24-7-3-1-4-8-24)21-30-31(36-32)19-20-39-33(37-38-34(30)39)26-15-17-28(18-16-26)40-27-9-5-2-6-10-27/h1-21H,22,35H2. The molecule has 4 aromatic carbocycles. The first-order chi connectivity index (χ1) is 19.8.